The largest absolute Gasteiger partial charge is 0.480 e. The van der Waals surface area contributed by atoms with Crippen LogP contribution in [0.1, 0.15) is 71.1 Å². The van der Waals surface area contributed by atoms with Crippen molar-refractivity contribution in [1.29, 1.82) is 0 Å². The lowest BCUT2D eigenvalue weighted by Crippen LogP contribution is -2.58. The number of nitrogens with zero attached hydrogens (tertiary/aromatic N) is 4. The highest BCUT2D eigenvalue weighted by molar-refractivity contribution is 5.97. The van der Waals surface area contributed by atoms with Crippen molar-refractivity contribution >= 4 is 41.4 Å². The summed E-state index contributed by atoms with van der Waals surface area (Å²) in [5.41, 5.74) is 11.1. The van der Waals surface area contributed by atoms with Crippen LogP contribution in [0, 0.1) is 0 Å². The molecule has 0 aromatic rings. The Kier molecular flexibility index (Phi) is 10.2. The third-order valence-electron chi connectivity index (χ3n) is 8.98. The van der Waals surface area contributed by atoms with Gasteiger partial charge >= 0.3 is 5.97 Å². The first-order valence-corrected chi connectivity index (χ1v) is 15.2. The molecule has 4 heterocycles. The van der Waals surface area contributed by atoms with Gasteiger partial charge in [0.15, 0.2) is 0 Å². The molecule has 4 rings (SSSR count). The van der Waals surface area contributed by atoms with Gasteiger partial charge in [0.05, 0.1) is 6.04 Å². The molecule has 6 atom stereocenters. The molecule has 0 radical (unpaired) electrons. The van der Waals surface area contributed by atoms with Gasteiger partial charge in [-0.05, 0) is 64.7 Å². The van der Waals surface area contributed by atoms with Gasteiger partial charge in [-0.2, -0.15) is 0 Å². The quantitative estimate of drug-likeness (QED) is 0.219. The minimum absolute atomic E-state index is 0.0817. The minimum atomic E-state index is -1.15. The number of likely N-dealkylation sites (tertiary alicyclic amines) is 4. The molecule has 0 saturated carbocycles. The van der Waals surface area contributed by atoms with Gasteiger partial charge in [0.2, 0.25) is 35.4 Å². The Balaban J connectivity index is 1.48. The molecule has 0 spiro atoms. The molecule has 6 N–H and O–H groups in total. The standard InChI is InChI=1S/C28H43N7O8/c1-16(29)24(38)32-12-2-6-18(32)23(37)31-17(10-11-22(30)36)25(39)33-13-3-7-19(33)26(40)34-14-4-8-20(34)27(41)35-15-5-9-21(35)28(42)43/h16-21H,2-15,29H2,1H3,(H2,30,36)(H,31,37)(H,42,43)/t16-,17-,18-,19-,20-,21-/m0/s1. The van der Waals surface area contributed by atoms with Crippen LogP contribution in [0.5, 0.6) is 0 Å². The van der Waals surface area contributed by atoms with Crippen molar-refractivity contribution in [2.24, 2.45) is 11.5 Å². The third-order valence-corrected chi connectivity index (χ3v) is 8.98. The molecule has 0 aliphatic carbocycles. The van der Waals surface area contributed by atoms with E-state index in [4.69, 9.17) is 11.5 Å². The van der Waals surface area contributed by atoms with Gasteiger partial charge in [0, 0.05) is 32.6 Å². The zero-order valence-electron chi connectivity index (χ0n) is 24.6. The number of hydrogen-bond donors (Lipinski definition) is 4. The fraction of sp³-hybridized carbons (Fsp3) is 0.750. The Hall–Kier alpha value is -3.75. The molecule has 4 fully saturated rings. The molecule has 0 unspecified atom stereocenters. The van der Waals surface area contributed by atoms with E-state index in [0.717, 1.165) is 0 Å². The molecule has 15 heteroatoms. The van der Waals surface area contributed by atoms with Crippen LogP contribution in [0.2, 0.25) is 0 Å². The van der Waals surface area contributed by atoms with Crippen molar-refractivity contribution in [3.8, 4) is 0 Å². The summed E-state index contributed by atoms with van der Waals surface area (Å²) in [4.78, 5) is 95.8. The summed E-state index contributed by atoms with van der Waals surface area (Å²) in [5, 5.41) is 12.3. The summed E-state index contributed by atoms with van der Waals surface area (Å²) >= 11 is 0. The van der Waals surface area contributed by atoms with Gasteiger partial charge in [-0.3, -0.25) is 28.8 Å². The number of carboxylic acids is 1. The second-order valence-electron chi connectivity index (χ2n) is 12.0. The van der Waals surface area contributed by atoms with Gasteiger partial charge in [-0.15, -0.1) is 0 Å². The van der Waals surface area contributed by atoms with Crippen LogP contribution in [0.3, 0.4) is 0 Å². The lowest BCUT2D eigenvalue weighted by atomic mass is 10.1. The molecule has 0 bridgehead atoms. The van der Waals surface area contributed by atoms with E-state index in [1.807, 2.05) is 0 Å². The summed E-state index contributed by atoms with van der Waals surface area (Å²) in [6, 6.07) is -5.34. The van der Waals surface area contributed by atoms with E-state index in [9.17, 15) is 38.7 Å². The number of carbonyl (C=O) groups excluding carboxylic acids is 6. The van der Waals surface area contributed by atoms with Crippen molar-refractivity contribution < 1.29 is 38.7 Å². The fourth-order valence-corrected chi connectivity index (χ4v) is 6.82. The molecule has 43 heavy (non-hydrogen) atoms. The number of nitrogens with one attached hydrogen (secondary N) is 1. The normalized spacial score (nSPS) is 26.8. The second kappa shape index (κ2) is 13.7. The summed E-state index contributed by atoms with van der Waals surface area (Å²) < 4.78 is 0. The summed E-state index contributed by atoms with van der Waals surface area (Å²) in [7, 11) is 0. The average molecular weight is 606 g/mol. The van der Waals surface area contributed by atoms with Gasteiger partial charge in [-0.1, -0.05) is 0 Å². The van der Waals surface area contributed by atoms with Crippen molar-refractivity contribution in [2.45, 2.75) is 107 Å². The van der Waals surface area contributed by atoms with Crippen LogP contribution < -0.4 is 16.8 Å². The average Bonchev–Trinajstić information content (AvgIpc) is 3.79. The van der Waals surface area contributed by atoms with E-state index in [2.05, 4.69) is 5.32 Å². The second-order valence-corrected chi connectivity index (χ2v) is 12.0. The van der Waals surface area contributed by atoms with Gasteiger partial charge in [0.25, 0.3) is 0 Å². The first-order chi connectivity index (χ1) is 20.4. The zero-order valence-corrected chi connectivity index (χ0v) is 24.6. The van der Waals surface area contributed by atoms with Crippen LogP contribution in [0.4, 0.5) is 0 Å². The molecule has 4 aliphatic rings. The SMILES string of the molecule is C[C@H](N)C(=O)N1CCC[C@H]1C(=O)N[C@@H](CCC(N)=O)C(=O)N1CCC[C@H]1C(=O)N1CCC[C@H]1C(=O)N1CCC[C@H]1C(=O)O. The van der Waals surface area contributed by atoms with Gasteiger partial charge < -0.3 is 41.5 Å². The van der Waals surface area contributed by atoms with E-state index in [-0.39, 0.29) is 31.2 Å². The number of carboxylic acid groups (broad SMARTS) is 1. The van der Waals surface area contributed by atoms with E-state index >= 15 is 0 Å². The topological polar surface area (TPSA) is 217 Å². The highest BCUT2D eigenvalue weighted by Crippen LogP contribution is 2.29. The first kappa shape index (κ1) is 32.2. The fourth-order valence-electron chi connectivity index (χ4n) is 6.82. The number of hydrogen-bond acceptors (Lipinski definition) is 8. The highest BCUT2D eigenvalue weighted by atomic mass is 16.4. The van der Waals surface area contributed by atoms with E-state index < -0.39 is 65.8 Å². The Morgan fingerprint density at radius 3 is 1.67 bits per heavy atom. The maximum atomic E-state index is 13.9. The lowest BCUT2D eigenvalue weighted by Gasteiger charge is -2.35. The monoisotopic (exact) mass is 605 g/mol. The predicted octanol–water partition coefficient (Wildman–Crippen LogP) is -1.87. The summed E-state index contributed by atoms with van der Waals surface area (Å²) in [6.45, 7) is 2.77. The van der Waals surface area contributed by atoms with Crippen molar-refractivity contribution in [1.82, 2.24) is 24.9 Å². The number of aliphatic carboxylic acids is 1. The lowest BCUT2D eigenvalue weighted by molar-refractivity contribution is -0.154. The number of primary amides is 1. The van der Waals surface area contributed by atoms with Crippen LogP contribution in [-0.4, -0.2) is 129 Å². The molecule has 4 saturated heterocycles. The highest BCUT2D eigenvalue weighted by Gasteiger charge is 2.46. The number of rotatable bonds is 10. The molecular weight excluding hydrogens is 562 g/mol. The Morgan fingerprint density at radius 1 is 0.721 bits per heavy atom. The molecule has 6 amide bonds. The molecule has 0 aromatic heterocycles. The van der Waals surface area contributed by atoms with Crippen LogP contribution in [0.15, 0.2) is 0 Å². The number of nitrogens with two attached hydrogens (primary N) is 2. The molecule has 0 aromatic carbocycles. The Morgan fingerprint density at radius 2 is 1.16 bits per heavy atom. The van der Waals surface area contributed by atoms with Crippen LogP contribution in [0.25, 0.3) is 0 Å². The predicted molar refractivity (Wildman–Crippen MR) is 151 cm³/mol. The molecule has 238 valence electrons. The van der Waals surface area contributed by atoms with Crippen molar-refractivity contribution in [2.75, 3.05) is 26.2 Å². The Labute approximate surface area is 250 Å². The first-order valence-electron chi connectivity index (χ1n) is 15.2. The molecule has 4 aliphatic heterocycles. The minimum Gasteiger partial charge on any atom is -0.480 e. The van der Waals surface area contributed by atoms with Gasteiger partial charge in [-0.25, -0.2) is 4.79 Å². The van der Waals surface area contributed by atoms with E-state index in [1.165, 1.54) is 26.5 Å². The van der Waals surface area contributed by atoms with Crippen molar-refractivity contribution in [3.05, 3.63) is 0 Å². The van der Waals surface area contributed by atoms with Gasteiger partial charge in [0.1, 0.15) is 30.2 Å². The number of amides is 6. The zero-order chi connectivity index (χ0) is 31.4. The van der Waals surface area contributed by atoms with E-state index in [1.54, 1.807) is 0 Å². The summed E-state index contributed by atoms with van der Waals surface area (Å²) in [5.74, 6) is -3.96. The van der Waals surface area contributed by atoms with Crippen molar-refractivity contribution in [3.63, 3.8) is 0 Å². The smallest absolute Gasteiger partial charge is 0.326 e. The maximum Gasteiger partial charge on any atom is 0.326 e. The number of carbonyl (C=O) groups is 7. The van der Waals surface area contributed by atoms with E-state index in [0.29, 0.717) is 71.0 Å². The van der Waals surface area contributed by atoms with Crippen LogP contribution in [-0.2, 0) is 33.6 Å². The Bertz CT molecular complexity index is 1150. The van der Waals surface area contributed by atoms with Crippen LogP contribution >= 0.6 is 0 Å². The molecular formula is C28H43N7O8. The third kappa shape index (κ3) is 6.92. The summed E-state index contributed by atoms with van der Waals surface area (Å²) in [6.07, 6.45) is 3.54. The maximum absolute atomic E-state index is 13.9. The molecule has 15 nitrogen and oxygen atoms in total.